The lowest BCUT2D eigenvalue weighted by atomic mass is 9.64. The molecule has 3 aliphatic rings. The van der Waals surface area contributed by atoms with Crippen molar-refractivity contribution in [2.75, 3.05) is 6.54 Å². The fourth-order valence-electron chi connectivity index (χ4n) is 7.03. The van der Waals surface area contributed by atoms with Crippen LogP contribution >= 0.6 is 11.6 Å². The Bertz CT molecular complexity index is 1210. The van der Waals surface area contributed by atoms with Crippen LogP contribution < -0.4 is 5.32 Å². The highest BCUT2D eigenvalue weighted by molar-refractivity contribution is 6.37. The highest BCUT2D eigenvalue weighted by atomic mass is 35.5. The zero-order valence-corrected chi connectivity index (χ0v) is 18.8. The van der Waals surface area contributed by atoms with Crippen LogP contribution in [0.3, 0.4) is 0 Å². The third kappa shape index (κ3) is 3.00. The Kier molecular flexibility index (Phi) is 4.43. The van der Waals surface area contributed by atoms with Gasteiger partial charge < -0.3 is 10.4 Å². The molecule has 0 aliphatic heterocycles. The number of nitrogens with zero attached hydrogens (tertiary/aromatic N) is 3. The second-order valence-corrected chi connectivity index (χ2v) is 10.7. The minimum Gasteiger partial charge on any atom is -0.391 e. The van der Waals surface area contributed by atoms with Crippen molar-refractivity contribution in [1.29, 1.82) is 0 Å². The molecular formula is C25H27ClN4O2. The number of halogens is 1. The van der Waals surface area contributed by atoms with E-state index in [4.69, 9.17) is 11.6 Å². The van der Waals surface area contributed by atoms with Crippen molar-refractivity contribution >= 4 is 28.4 Å². The van der Waals surface area contributed by atoms with E-state index < -0.39 is 6.10 Å². The van der Waals surface area contributed by atoms with Gasteiger partial charge in [-0.2, -0.15) is 0 Å². The number of benzene rings is 1. The number of amides is 1. The summed E-state index contributed by atoms with van der Waals surface area (Å²) in [7, 11) is 0. The van der Waals surface area contributed by atoms with Gasteiger partial charge in [0.25, 0.3) is 5.91 Å². The highest BCUT2D eigenvalue weighted by Gasteiger charge is 2.68. The van der Waals surface area contributed by atoms with Crippen LogP contribution in [0.25, 0.3) is 16.9 Å². The average Bonchev–Trinajstić information content (AvgIpc) is 3.15. The smallest absolute Gasteiger partial charge is 0.253 e. The van der Waals surface area contributed by atoms with E-state index in [2.05, 4.69) is 22.2 Å². The van der Waals surface area contributed by atoms with Crippen LogP contribution in [0.1, 0.15) is 49.4 Å². The van der Waals surface area contributed by atoms with Crippen LogP contribution in [0, 0.1) is 22.7 Å². The van der Waals surface area contributed by atoms with E-state index in [0.29, 0.717) is 33.3 Å². The molecule has 32 heavy (non-hydrogen) atoms. The maximum Gasteiger partial charge on any atom is 0.253 e. The molecule has 6 rings (SSSR count). The molecule has 0 radical (unpaired) electrons. The van der Waals surface area contributed by atoms with E-state index in [0.717, 1.165) is 30.7 Å². The molecule has 5 unspecified atom stereocenters. The van der Waals surface area contributed by atoms with E-state index in [1.807, 2.05) is 12.1 Å². The number of carbonyl (C=O) groups is 1. The number of nitrogens with one attached hydrogen (secondary N) is 1. The number of aliphatic hydroxyl groups excluding tert-OH is 1. The minimum atomic E-state index is -0.528. The van der Waals surface area contributed by atoms with Gasteiger partial charge in [0.15, 0.2) is 0 Å². The van der Waals surface area contributed by atoms with E-state index >= 15 is 0 Å². The lowest BCUT2D eigenvalue weighted by molar-refractivity contribution is -0.0200. The SMILES string of the molecule is CC1CC2(C(O)CNC(=O)c3cn(-c4ncccn4)c4cccc(Cl)c34)CC3CC3(C1)C2. The molecule has 166 valence electrons. The van der Waals surface area contributed by atoms with Crippen molar-refractivity contribution in [2.45, 2.75) is 45.1 Å². The summed E-state index contributed by atoms with van der Waals surface area (Å²) in [6, 6.07) is 7.27. The van der Waals surface area contributed by atoms with Crippen LogP contribution in [0.4, 0.5) is 0 Å². The molecule has 1 spiro atoms. The lowest BCUT2D eigenvalue weighted by Crippen LogP contribution is -2.45. The Labute approximate surface area is 192 Å². The molecule has 3 aliphatic carbocycles. The number of carbonyl (C=O) groups excluding carboxylic acids is 1. The molecular weight excluding hydrogens is 424 g/mol. The molecule has 2 heterocycles. The molecule has 0 saturated heterocycles. The van der Waals surface area contributed by atoms with Gasteiger partial charge in [0.05, 0.1) is 22.2 Å². The van der Waals surface area contributed by atoms with Crippen LogP contribution in [0.15, 0.2) is 42.9 Å². The molecule has 1 aromatic carbocycles. The summed E-state index contributed by atoms with van der Waals surface area (Å²) in [6.07, 6.45) is 10.4. The Balaban J connectivity index is 1.26. The average molecular weight is 451 g/mol. The predicted molar refractivity (Wildman–Crippen MR) is 123 cm³/mol. The Morgan fingerprint density at radius 2 is 2.06 bits per heavy atom. The van der Waals surface area contributed by atoms with Crippen molar-refractivity contribution in [2.24, 2.45) is 22.7 Å². The van der Waals surface area contributed by atoms with E-state index in [1.165, 1.54) is 12.8 Å². The van der Waals surface area contributed by atoms with E-state index in [-0.39, 0.29) is 17.9 Å². The van der Waals surface area contributed by atoms with Crippen molar-refractivity contribution in [3.05, 3.63) is 53.4 Å². The van der Waals surface area contributed by atoms with Gasteiger partial charge in [-0.05, 0) is 73.0 Å². The summed E-state index contributed by atoms with van der Waals surface area (Å²) >= 11 is 6.49. The first-order chi connectivity index (χ1) is 15.4. The number of hydrogen-bond acceptors (Lipinski definition) is 4. The third-order valence-corrected chi connectivity index (χ3v) is 8.49. The highest BCUT2D eigenvalue weighted by Crippen LogP contribution is 2.76. The second kappa shape index (κ2) is 7.03. The minimum absolute atomic E-state index is 0.0443. The predicted octanol–water partition coefficient (Wildman–Crippen LogP) is 4.38. The number of hydrogen-bond donors (Lipinski definition) is 2. The molecule has 2 N–H and O–H groups in total. The van der Waals surface area contributed by atoms with E-state index in [1.54, 1.807) is 35.3 Å². The zero-order valence-electron chi connectivity index (χ0n) is 18.1. The molecule has 2 aromatic heterocycles. The molecule has 3 saturated carbocycles. The van der Waals surface area contributed by atoms with Crippen molar-refractivity contribution in [3.63, 3.8) is 0 Å². The molecule has 2 bridgehead atoms. The molecule has 1 amide bonds. The van der Waals surface area contributed by atoms with Crippen LogP contribution in [-0.4, -0.2) is 38.2 Å². The van der Waals surface area contributed by atoms with Crippen molar-refractivity contribution < 1.29 is 9.90 Å². The first-order valence-corrected chi connectivity index (χ1v) is 11.8. The molecule has 5 atom stereocenters. The summed E-state index contributed by atoms with van der Waals surface area (Å²) in [6.45, 7) is 2.57. The van der Waals surface area contributed by atoms with Gasteiger partial charge in [0.1, 0.15) is 0 Å². The molecule has 6 nitrogen and oxygen atoms in total. The van der Waals surface area contributed by atoms with Gasteiger partial charge in [-0.1, -0.05) is 24.6 Å². The van der Waals surface area contributed by atoms with Gasteiger partial charge >= 0.3 is 0 Å². The van der Waals surface area contributed by atoms with Gasteiger partial charge in [-0.15, -0.1) is 0 Å². The van der Waals surface area contributed by atoms with Gasteiger partial charge in [0, 0.05) is 30.5 Å². The summed E-state index contributed by atoms with van der Waals surface area (Å²) in [4.78, 5) is 21.9. The Morgan fingerprint density at radius 1 is 1.25 bits per heavy atom. The first-order valence-electron chi connectivity index (χ1n) is 11.4. The van der Waals surface area contributed by atoms with Gasteiger partial charge in [-0.25, -0.2) is 9.97 Å². The fourth-order valence-corrected chi connectivity index (χ4v) is 7.30. The summed E-state index contributed by atoms with van der Waals surface area (Å²) in [5.74, 6) is 1.66. The monoisotopic (exact) mass is 450 g/mol. The summed E-state index contributed by atoms with van der Waals surface area (Å²) in [5.41, 5.74) is 1.67. The molecule has 3 fully saturated rings. The largest absolute Gasteiger partial charge is 0.391 e. The third-order valence-electron chi connectivity index (χ3n) is 8.18. The Hall–Kier alpha value is -2.44. The first kappa shape index (κ1) is 20.2. The van der Waals surface area contributed by atoms with Gasteiger partial charge in [-0.3, -0.25) is 9.36 Å². The topological polar surface area (TPSA) is 80.0 Å². The van der Waals surface area contributed by atoms with Crippen molar-refractivity contribution in [1.82, 2.24) is 19.9 Å². The molecule has 3 aromatic rings. The van der Waals surface area contributed by atoms with Crippen molar-refractivity contribution in [3.8, 4) is 5.95 Å². The standard InChI is InChI=1S/C25H27ClN4O2/c1-15-8-24-10-16(24)11-25(9-15,14-24)20(31)12-29-22(32)17-13-30(23-27-6-3-7-28-23)19-5-2-4-18(26)21(17)19/h2-7,13,15-16,20,31H,8-12,14H2,1H3,(H,29,32). The fraction of sp³-hybridized carbons (Fsp3) is 0.480. The number of rotatable bonds is 5. The second-order valence-electron chi connectivity index (χ2n) is 10.3. The Morgan fingerprint density at radius 3 is 2.88 bits per heavy atom. The van der Waals surface area contributed by atoms with E-state index in [9.17, 15) is 9.90 Å². The number of aromatic nitrogens is 3. The molecule has 7 heteroatoms. The van der Waals surface area contributed by atoms with Crippen LogP contribution in [0.5, 0.6) is 0 Å². The van der Waals surface area contributed by atoms with Crippen LogP contribution in [-0.2, 0) is 0 Å². The summed E-state index contributed by atoms with van der Waals surface area (Å²) in [5, 5.41) is 15.3. The quantitative estimate of drug-likeness (QED) is 0.604. The number of fused-ring (bicyclic) bond motifs is 2. The lowest BCUT2D eigenvalue weighted by Gasteiger charge is -2.43. The zero-order chi connectivity index (χ0) is 22.1. The maximum absolute atomic E-state index is 13.2. The normalized spacial score (nSPS) is 31.3. The number of aliphatic hydroxyl groups is 1. The van der Waals surface area contributed by atoms with Gasteiger partial charge in [0.2, 0.25) is 5.95 Å². The van der Waals surface area contributed by atoms with Crippen LogP contribution in [0.2, 0.25) is 5.02 Å². The summed E-state index contributed by atoms with van der Waals surface area (Å²) < 4.78 is 1.78. The maximum atomic E-state index is 13.2.